The minimum atomic E-state index is 0.341. The summed E-state index contributed by atoms with van der Waals surface area (Å²) in [6.07, 6.45) is 11.9. The van der Waals surface area contributed by atoms with Gasteiger partial charge in [-0.15, -0.1) is 0 Å². The van der Waals surface area contributed by atoms with Crippen LogP contribution in [0.15, 0.2) is 28.7 Å². The van der Waals surface area contributed by atoms with Crippen LogP contribution in [0.4, 0.5) is 0 Å². The highest BCUT2D eigenvalue weighted by Crippen LogP contribution is 2.31. The maximum Gasteiger partial charge on any atom is 0.222 e. The van der Waals surface area contributed by atoms with Crippen molar-refractivity contribution in [1.82, 2.24) is 9.88 Å². The van der Waals surface area contributed by atoms with Crippen molar-refractivity contribution < 1.29 is 9.21 Å². The van der Waals surface area contributed by atoms with Crippen molar-refractivity contribution in [1.29, 1.82) is 0 Å². The van der Waals surface area contributed by atoms with E-state index in [1.54, 1.807) is 0 Å². The van der Waals surface area contributed by atoms with Crippen LogP contribution in [0.2, 0.25) is 0 Å². The predicted molar refractivity (Wildman–Crippen MR) is 103 cm³/mol. The molecule has 2 aromatic rings. The Balaban J connectivity index is 1.23. The number of para-hydroxylation sites is 2. The number of oxazole rings is 1. The number of likely N-dealkylation sites (tertiary alicyclic amines) is 1. The summed E-state index contributed by atoms with van der Waals surface area (Å²) >= 11 is 0. The Hall–Kier alpha value is -1.84. The van der Waals surface area contributed by atoms with Crippen LogP contribution < -0.4 is 0 Å². The molecule has 140 valence electrons. The highest BCUT2D eigenvalue weighted by atomic mass is 16.3. The fourth-order valence-electron chi connectivity index (χ4n) is 4.62. The Kier molecular flexibility index (Phi) is 5.57. The van der Waals surface area contributed by atoms with Crippen LogP contribution in [0.3, 0.4) is 0 Å². The highest BCUT2D eigenvalue weighted by molar-refractivity contribution is 5.76. The first kappa shape index (κ1) is 17.6. The molecule has 1 saturated heterocycles. The molecule has 2 fully saturated rings. The zero-order chi connectivity index (χ0) is 17.8. The van der Waals surface area contributed by atoms with E-state index in [1.807, 2.05) is 24.3 Å². The monoisotopic (exact) mass is 354 g/mol. The largest absolute Gasteiger partial charge is 0.440 e. The summed E-state index contributed by atoms with van der Waals surface area (Å²) in [5.41, 5.74) is 1.80. The smallest absolute Gasteiger partial charge is 0.222 e. The predicted octanol–water partition coefficient (Wildman–Crippen LogP) is 5.28. The minimum Gasteiger partial charge on any atom is -0.440 e. The third-order valence-electron chi connectivity index (χ3n) is 6.24. The van der Waals surface area contributed by atoms with Crippen molar-refractivity contribution in [3.05, 3.63) is 30.2 Å². The van der Waals surface area contributed by atoms with Gasteiger partial charge in [0.2, 0.25) is 5.91 Å². The number of carbonyl (C=O) groups excluding carboxylic acids is 1. The maximum atomic E-state index is 12.5. The molecule has 0 radical (unpaired) electrons. The second kappa shape index (κ2) is 8.24. The number of carbonyl (C=O) groups is 1. The molecule has 1 aliphatic heterocycles. The van der Waals surface area contributed by atoms with Crippen LogP contribution in [0.25, 0.3) is 11.1 Å². The number of amides is 1. The summed E-state index contributed by atoms with van der Waals surface area (Å²) in [4.78, 5) is 19.2. The summed E-state index contributed by atoms with van der Waals surface area (Å²) in [6, 6.07) is 7.93. The fourth-order valence-corrected chi connectivity index (χ4v) is 4.62. The number of benzene rings is 1. The lowest BCUT2D eigenvalue weighted by atomic mass is 9.86. The number of aromatic nitrogens is 1. The molecular formula is C22H30N2O2. The molecule has 26 heavy (non-hydrogen) atoms. The van der Waals surface area contributed by atoms with Crippen LogP contribution >= 0.6 is 0 Å². The highest BCUT2D eigenvalue weighted by Gasteiger charge is 2.27. The molecule has 1 aromatic heterocycles. The zero-order valence-electron chi connectivity index (χ0n) is 15.7. The molecule has 1 aliphatic carbocycles. The van der Waals surface area contributed by atoms with Crippen LogP contribution in [0.1, 0.15) is 76.0 Å². The second-order valence-corrected chi connectivity index (χ2v) is 8.07. The van der Waals surface area contributed by atoms with Crippen LogP contribution in [-0.2, 0) is 4.79 Å². The Bertz CT molecular complexity index is 692. The molecule has 2 heterocycles. The molecule has 0 unspecified atom stereocenters. The lowest BCUT2D eigenvalue weighted by Crippen LogP contribution is -2.37. The van der Waals surface area contributed by atoms with Crippen LogP contribution in [-0.4, -0.2) is 28.9 Å². The second-order valence-electron chi connectivity index (χ2n) is 8.07. The fraction of sp³-hybridized carbons (Fsp3) is 0.636. The molecule has 1 aromatic carbocycles. The van der Waals surface area contributed by atoms with E-state index in [1.165, 1.54) is 38.5 Å². The molecule has 2 aliphatic rings. The first-order valence-electron chi connectivity index (χ1n) is 10.4. The molecular weight excluding hydrogens is 324 g/mol. The third kappa shape index (κ3) is 4.11. The molecule has 0 atom stereocenters. The first-order chi connectivity index (χ1) is 12.8. The Labute approximate surface area is 156 Å². The maximum absolute atomic E-state index is 12.5. The van der Waals surface area contributed by atoms with Gasteiger partial charge in [0.15, 0.2) is 11.5 Å². The van der Waals surface area contributed by atoms with E-state index in [9.17, 15) is 4.79 Å². The molecule has 0 bridgehead atoms. The van der Waals surface area contributed by atoms with Gasteiger partial charge < -0.3 is 9.32 Å². The average Bonchev–Trinajstić information content (AvgIpc) is 3.13. The van der Waals surface area contributed by atoms with Crippen molar-refractivity contribution in [3.8, 4) is 0 Å². The van der Waals surface area contributed by atoms with Gasteiger partial charge in [-0.3, -0.25) is 4.79 Å². The number of fused-ring (bicyclic) bond motifs is 1. The van der Waals surface area contributed by atoms with Crippen LogP contribution in [0, 0.1) is 5.92 Å². The Morgan fingerprint density at radius 1 is 1.08 bits per heavy atom. The number of piperidine rings is 1. The van der Waals surface area contributed by atoms with Gasteiger partial charge in [-0.25, -0.2) is 4.98 Å². The number of hydrogen-bond donors (Lipinski definition) is 0. The van der Waals surface area contributed by atoms with Gasteiger partial charge in [-0.05, 0) is 43.7 Å². The first-order valence-corrected chi connectivity index (χ1v) is 10.4. The summed E-state index contributed by atoms with van der Waals surface area (Å²) in [5.74, 6) is 2.41. The molecule has 1 saturated carbocycles. The normalized spacial score (nSPS) is 19.9. The standard InChI is InChI=1S/C22H30N2O2/c25-21(12-6-9-17-7-2-1-3-8-17)24-15-13-18(14-16-24)22-23-19-10-4-5-11-20(19)26-22/h4-5,10-11,17-18H,1-3,6-9,12-16H2. The summed E-state index contributed by atoms with van der Waals surface area (Å²) < 4.78 is 5.92. The lowest BCUT2D eigenvalue weighted by Gasteiger charge is -2.31. The van der Waals surface area contributed by atoms with Crippen molar-refractivity contribution in [3.63, 3.8) is 0 Å². The van der Waals surface area contributed by atoms with E-state index >= 15 is 0 Å². The van der Waals surface area contributed by atoms with Crippen molar-refractivity contribution in [2.24, 2.45) is 5.92 Å². The van der Waals surface area contributed by atoms with E-state index in [2.05, 4.69) is 9.88 Å². The van der Waals surface area contributed by atoms with E-state index < -0.39 is 0 Å². The Morgan fingerprint density at radius 2 is 1.85 bits per heavy atom. The molecule has 4 rings (SSSR count). The topological polar surface area (TPSA) is 46.3 Å². The SMILES string of the molecule is O=C(CCCC1CCCCC1)N1CCC(c2nc3ccccc3o2)CC1. The molecule has 4 heteroatoms. The van der Waals surface area contributed by atoms with Gasteiger partial charge in [0, 0.05) is 25.4 Å². The van der Waals surface area contributed by atoms with Crippen LogP contribution in [0.5, 0.6) is 0 Å². The van der Waals surface area contributed by atoms with Gasteiger partial charge >= 0.3 is 0 Å². The lowest BCUT2D eigenvalue weighted by molar-refractivity contribution is -0.132. The summed E-state index contributed by atoms with van der Waals surface area (Å²) in [7, 11) is 0. The van der Waals surface area contributed by atoms with Gasteiger partial charge in [-0.2, -0.15) is 0 Å². The quantitative estimate of drug-likeness (QED) is 0.733. The number of rotatable bonds is 5. The Morgan fingerprint density at radius 3 is 2.62 bits per heavy atom. The van der Waals surface area contributed by atoms with Gasteiger partial charge in [0.05, 0.1) is 0 Å². The van der Waals surface area contributed by atoms with Crippen molar-refractivity contribution in [2.75, 3.05) is 13.1 Å². The van der Waals surface area contributed by atoms with E-state index in [0.29, 0.717) is 11.8 Å². The van der Waals surface area contributed by atoms with E-state index in [4.69, 9.17) is 4.42 Å². The minimum absolute atomic E-state index is 0.341. The molecule has 0 N–H and O–H groups in total. The summed E-state index contributed by atoms with van der Waals surface area (Å²) in [5, 5.41) is 0. The molecule has 4 nitrogen and oxygen atoms in total. The van der Waals surface area contributed by atoms with Gasteiger partial charge in [-0.1, -0.05) is 44.2 Å². The number of nitrogens with zero attached hydrogens (tertiary/aromatic N) is 2. The van der Waals surface area contributed by atoms with Crippen molar-refractivity contribution in [2.45, 2.75) is 70.1 Å². The number of hydrogen-bond acceptors (Lipinski definition) is 3. The average molecular weight is 354 g/mol. The molecule has 1 amide bonds. The van der Waals surface area contributed by atoms with E-state index in [-0.39, 0.29) is 0 Å². The zero-order valence-corrected chi connectivity index (χ0v) is 15.7. The third-order valence-corrected chi connectivity index (χ3v) is 6.24. The molecule has 0 spiro atoms. The van der Waals surface area contributed by atoms with E-state index in [0.717, 1.165) is 61.7 Å². The van der Waals surface area contributed by atoms with Gasteiger partial charge in [0.25, 0.3) is 0 Å². The van der Waals surface area contributed by atoms with Gasteiger partial charge in [0.1, 0.15) is 5.52 Å². The van der Waals surface area contributed by atoms with Crippen molar-refractivity contribution >= 4 is 17.0 Å². The summed E-state index contributed by atoms with van der Waals surface area (Å²) in [6.45, 7) is 1.68.